The third kappa shape index (κ3) is 3.34. The van der Waals surface area contributed by atoms with Gasteiger partial charge < -0.3 is 20.3 Å². The van der Waals surface area contributed by atoms with E-state index in [1.165, 1.54) is 0 Å². The van der Waals surface area contributed by atoms with Crippen LogP contribution in [-0.2, 0) is 4.74 Å². The van der Waals surface area contributed by atoms with E-state index in [9.17, 15) is 18.4 Å². The van der Waals surface area contributed by atoms with Crippen LogP contribution in [-0.4, -0.2) is 55.1 Å². The number of halogens is 2. The number of hydrogen-bond acceptors (Lipinski definition) is 3. The number of ether oxygens (including phenoxy) is 1. The largest absolute Gasteiger partial charge is 0.383 e. The van der Waals surface area contributed by atoms with Crippen LogP contribution in [0.1, 0.15) is 42.5 Å². The predicted molar refractivity (Wildman–Crippen MR) is 99.5 cm³/mol. The van der Waals surface area contributed by atoms with Gasteiger partial charge in [-0.25, -0.2) is 13.6 Å². The van der Waals surface area contributed by atoms with Crippen LogP contribution in [0.5, 0.6) is 0 Å². The van der Waals surface area contributed by atoms with Crippen molar-refractivity contribution in [1.29, 1.82) is 0 Å². The van der Waals surface area contributed by atoms with Gasteiger partial charge in [-0.1, -0.05) is 6.07 Å². The second kappa shape index (κ2) is 6.99. The van der Waals surface area contributed by atoms with Crippen LogP contribution >= 0.6 is 0 Å². The molecule has 2 N–H and O–H groups in total. The van der Waals surface area contributed by atoms with E-state index in [0.29, 0.717) is 37.2 Å². The van der Waals surface area contributed by atoms with Crippen LogP contribution in [0.4, 0.5) is 19.3 Å². The molecule has 1 aromatic carbocycles. The van der Waals surface area contributed by atoms with Crippen molar-refractivity contribution in [3.63, 3.8) is 0 Å². The molecule has 3 aliphatic rings. The minimum absolute atomic E-state index is 0.0390. The van der Waals surface area contributed by atoms with Crippen molar-refractivity contribution in [2.24, 2.45) is 5.41 Å². The summed E-state index contributed by atoms with van der Waals surface area (Å²) in [5.74, 6) is -2.81. The van der Waals surface area contributed by atoms with E-state index in [1.54, 1.807) is 36.3 Å². The average Bonchev–Trinajstić information content (AvgIpc) is 3.03. The lowest BCUT2D eigenvalue weighted by atomic mass is 9.87. The average molecular weight is 393 g/mol. The number of alkyl halides is 2. The van der Waals surface area contributed by atoms with E-state index in [0.717, 1.165) is 12.8 Å². The fourth-order valence-electron chi connectivity index (χ4n) is 4.80. The minimum atomic E-state index is -2.57. The molecule has 1 aliphatic carbocycles. The molecule has 152 valence electrons. The number of rotatable bonds is 5. The summed E-state index contributed by atoms with van der Waals surface area (Å²) >= 11 is 0. The Hall–Kier alpha value is -2.22. The number of nitrogens with one attached hydrogen (secondary N) is 2. The number of piperidine rings is 1. The highest BCUT2D eigenvalue weighted by Crippen LogP contribution is 2.69. The molecule has 6 nitrogen and oxygen atoms in total. The number of nitrogens with zero attached hydrogens (tertiary/aromatic N) is 1. The number of carbonyl (C=O) groups excluding carboxylic acids is 2. The molecule has 2 unspecified atom stereocenters. The zero-order valence-corrected chi connectivity index (χ0v) is 15.8. The third-order valence-electron chi connectivity index (χ3n) is 6.29. The maximum atomic E-state index is 13.8. The van der Waals surface area contributed by atoms with Gasteiger partial charge in [0.2, 0.25) is 0 Å². The van der Waals surface area contributed by atoms with Crippen molar-refractivity contribution in [2.45, 2.75) is 50.1 Å². The number of anilines is 1. The minimum Gasteiger partial charge on any atom is -0.383 e. The Labute approximate surface area is 162 Å². The predicted octanol–water partition coefficient (Wildman–Crippen LogP) is 3.25. The van der Waals surface area contributed by atoms with Gasteiger partial charge in [0, 0.05) is 48.8 Å². The van der Waals surface area contributed by atoms with Gasteiger partial charge in [-0.3, -0.25) is 4.79 Å². The molecule has 2 heterocycles. The van der Waals surface area contributed by atoms with Crippen molar-refractivity contribution in [3.05, 3.63) is 29.8 Å². The maximum absolute atomic E-state index is 13.8. The lowest BCUT2D eigenvalue weighted by Gasteiger charge is -2.39. The van der Waals surface area contributed by atoms with Crippen molar-refractivity contribution < 1.29 is 23.1 Å². The van der Waals surface area contributed by atoms with Crippen LogP contribution in [0, 0.1) is 5.41 Å². The molecule has 2 aliphatic heterocycles. The number of benzene rings is 1. The van der Waals surface area contributed by atoms with Crippen molar-refractivity contribution in [1.82, 2.24) is 10.2 Å². The highest BCUT2D eigenvalue weighted by Gasteiger charge is 2.74. The normalized spacial score (nSPS) is 29.6. The highest BCUT2D eigenvalue weighted by molar-refractivity contribution is 5.97. The van der Waals surface area contributed by atoms with Crippen LogP contribution in [0.2, 0.25) is 0 Å². The lowest BCUT2D eigenvalue weighted by molar-refractivity contribution is 0.0186. The second-order valence-corrected chi connectivity index (χ2v) is 8.12. The van der Waals surface area contributed by atoms with Gasteiger partial charge in [-0.2, -0.15) is 0 Å². The lowest BCUT2D eigenvalue weighted by Crippen LogP contribution is -2.49. The van der Waals surface area contributed by atoms with Crippen molar-refractivity contribution in [3.8, 4) is 0 Å². The first-order valence-corrected chi connectivity index (χ1v) is 9.70. The summed E-state index contributed by atoms with van der Waals surface area (Å²) in [6.07, 6.45) is 2.27. The van der Waals surface area contributed by atoms with Gasteiger partial charge >= 0.3 is 6.03 Å². The zero-order valence-electron chi connectivity index (χ0n) is 15.8. The Kier molecular flexibility index (Phi) is 4.77. The first kappa shape index (κ1) is 19.1. The molecule has 2 atom stereocenters. The molecule has 1 saturated carbocycles. The monoisotopic (exact) mass is 393 g/mol. The number of carbonyl (C=O) groups is 2. The third-order valence-corrected chi connectivity index (χ3v) is 6.29. The Bertz CT molecular complexity index is 772. The van der Waals surface area contributed by atoms with Crippen molar-refractivity contribution >= 4 is 17.6 Å². The first-order chi connectivity index (χ1) is 13.4. The summed E-state index contributed by atoms with van der Waals surface area (Å²) in [5.41, 5.74) is 0.0726. The van der Waals surface area contributed by atoms with E-state index < -0.39 is 11.3 Å². The molecule has 1 spiro atoms. The van der Waals surface area contributed by atoms with Crippen LogP contribution in [0.25, 0.3) is 0 Å². The van der Waals surface area contributed by atoms with Crippen LogP contribution in [0.3, 0.4) is 0 Å². The van der Waals surface area contributed by atoms with E-state index in [4.69, 9.17) is 4.74 Å². The van der Waals surface area contributed by atoms with E-state index in [1.807, 2.05) is 0 Å². The van der Waals surface area contributed by atoms with Gasteiger partial charge in [-0.05, 0) is 43.9 Å². The smallest absolute Gasteiger partial charge is 0.322 e. The molecule has 1 aromatic rings. The van der Waals surface area contributed by atoms with Gasteiger partial charge in [0.1, 0.15) is 0 Å². The number of methoxy groups -OCH3 is 1. The molecule has 4 rings (SSSR count). The van der Waals surface area contributed by atoms with Crippen LogP contribution in [0.15, 0.2) is 24.3 Å². The van der Waals surface area contributed by atoms with E-state index in [-0.39, 0.29) is 30.4 Å². The molecular formula is C20H25F2N3O3. The van der Waals surface area contributed by atoms with Gasteiger partial charge in [0.15, 0.2) is 0 Å². The van der Waals surface area contributed by atoms with Gasteiger partial charge in [0.25, 0.3) is 11.8 Å². The second-order valence-electron chi connectivity index (χ2n) is 8.12. The summed E-state index contributed by atoms with van der Waals surface area (Å²) in [6, 6.07) is 6.16. The first-order valence-electron chi connectivity index (χ1n) is 9.70. The molecule has 8 heteroatoms. The standard InChI is InChI=1S/C20H25F2N3O3/c1-28-8-7-23-17(26)13-3-2-4-14(9-13)24-18(27)25-15-5-6-16(25)11-19(10-15)12-20(19,21)22/h2-4,9,15-16H,5-8,10-12H2,1H3,(H,23,26)(H,24,27). The number of urea groups is 1. The fourth-order valence-corrected chi connectivity index (χ4v) is 4.80. The Morgan fingerprint density at radius 1 is 1.25 bits per heavy atom. The quantitative estimate of drug-likeness (QED) is 0.755. The zero-order chi connectivity index (χ0) is 19.9. The van der Waals surface area contributed by atoms with E-state index >= 15 is 0 Å². The summed E-state index contributed by atoms with van der Waals surface area (Å²) in [7, 11) is 1.56. The van der Waals surface area contributed by atoms with Gasteiger partial charge in [-0.15, -0.1) is 0 Å². The fraction of sp³-hybridized carbons (Fsp3) is 0.600. The Morgan fingerprint density at radius 3 is 2.54 bits per heavy atom. The summed E-state index contributed by atoms with van der Waals surface area (Å²) in [5, 5.41) is 5.57. The van der Waals surface area contributed by atoms with Gasteiger partial charge in [0.05, 0.1) is 6.61 Å². The SMILES string of the molecule is COCCNC(=O)c1cccc(NC(=O)N2C3CCC2CC2(C3)CC2(F)F)c1. The van der Waals surface area contributed by atoms with E-state index in [2.05, 4.69) is 10.6 Å². The number of fused-ring (bicyclic) bond motifs is 2. The highest BCUT2D eigenvalue weighted by atomic mass is 19.3. The topological polar surface area (TPSA) is 70.7 Å². The summed E-state index contributed by atoms with van der Waals surface area (Å²) < 4.78 is 32.5. The summed E-state index contributed by atoms with van der Waals surface area (Å²) in [6.45, 7) is 0.815. The van der Waals surface area contributed by atoms with Crippen LogP contribution < -0.4 is 10.6 Å². The molecule has 3 fully saturated rings. The molecule has 3 amide bonds. The number of hydrogen-bond donors (Lipinski definition) is 2. The van der Waals surface area contributed by atoms with Crippen molar-refractivity contribution in [2.75, 3.05) is 25.6 Å². The molecule has 2 saturated heterocycles. The molecule has 0 aromatic heterocycles. The number of amides is 3. The molecule has 2 bridgehead atoms. The molecular weight excluding hydrogens is 368 g/mol. The Morgan fingerprint density at radius 2 is 1.93 bits per heavy atom. The molecule has 0 radical (unpaired) electrons. The Balaban J connectivity index is 1.39. The summed E-state index contributed by atoms with van der Waals surface area (Å²) in [4.78, 5) is 26.7. The maximum Gasteiger partial charge on any atom is 0.322 e. The molecule has 28 heavy (non-hydrogen) atoms.